The van der Waals surface area contributed by atoms with Crippen LogP contribution in [0.2, 0.25) is 0 Å². The molecule has 6 nitrogen and oxygen atoms in total. The van der Waals surface area contributed by atoms with Crippen molar-refractivity contribution in [2.45, 2.75) is 46.1 Å². The highest BCUT2D eigenvalue weighted by Gasteiger charge is 2.24. The SMILES string of the molecule is CCC1CCCN(C(=O)C(=O)Nc2ccc(=O)n(CC)c2)CC1. The number of amides is 2. The van der Waals surface area contributed by atoms with Gasteiger partial charge in [0.05, 0.1) is 5.69 Å². The molecule has 1 aromatic rings. The molecule has 6 heteroatoms. The second-order valence-corrected chi connectivity index (χ2v) is 5.99. The summed E-state index contributed by atoms with van der Waals surface area (Å²) in [5, 5.41) is 2.60. The summed E-state index contributed by atoms with van der Waals surface area (Å²) in [6.07, 6.45) is 5.69. The molecule has 1 unspecified atom stereocenters. The molecule has 1 aliphatic rings. The molecule has 2 rings (SSSR count). The number of nitrogens with zero attached hydrogens (tertiary/aromatic N) is 2. The van der Waals surface area contributed by atoms with Crippen molar-refractivity contribution in [3.05, 3.63) is 28.7 Å². The fourth-order valence-electron chi connectivity index (χ4n) is 2.96. The molecule has 1 fully saturated rings. The van der Waals surface area contributed by atoms with Crippen LogP contribution < -0.4 is 10.9 Å². The Bertz CT molecular complexity index is 624. The van der Waals surface area contributed by atoms with E-state index in [1.54, 1.807) is 11.1 Å². The molecular weight excluding hydrogens is 294 g/mol. The van der Waals surface area contributed by atoms with Gasteiger partial charge in [-0.15, -0.1) is 0 Å². The van der Waals surface area contributed by atoms with Crippen LogP contribution in [0.1, 0.15) is 39.5 Å². The van der Waals surface area contributed by atoms with Gasteiger partial charge in [-0.2, -0.15) is 0 Å². The summed E-state index contributed by atoms with van der Waals surface area (Å²) in [6.45, 7) is 5.80. The molecule has 1 N–H and O–H groups in total. The lowest BCUT2D eigenvalue weighted by Gasteiger charge is -2.20. The smallest absolute Gasteiger partial charge is 0.313 e. The number of pyridine rings is 1. The van der Waals surface area contributed by atoms with E-state index in [0.717, 1.165) is 25.7 Å². The van der Waals surface area contributed by atoms with E-state index in [2.05, 4.69) is 12.2 Å². The monoisotopic (exact) mass is 319 g/mol. The van der Waals surface area contributed by atoms with Gasteiger partial charge in [-0.05, 0) is 38.2 Å². The van der Waals surface area contributed by atoms with Gasteiger partial charge in [-0.1, -0.05) is 13.3 Å². The first-order valence-corrected chi connectivity index (χ1v) is 8.35. The normalized spacial score (nSPS) is 18.3. The van der Waals surface area contributed by atoms with Crippen LogP contribution >= 0.6 is 0 Å². The minimum absolute atomic E-state index is 0.130. The Labute approximate surface area is 136 Å². The third kappa shape index (κ3) is 4.43. The maximum atomic E-state index is 12.3. The second-order valence-electron chi connectivity index (χ2n) is 5.99. The van der Waals surface area contributed by atoms with E-state index >= 15 is 0 Å². The quantitative estimate of drug-likeness (QED) is 0.864. The largest absolute Gasteiger partial charge is 0.334 e. The number of aryl methyl sites for hydroxylation is 1. The predicted octanol–water partition coefficient (Wildman–Crippen LogP) is 1.85. The highest BCUT2D eigenvalue weighted by atomic mass is 16.2. The number of hydrogen-bond donors (Lipinski definition) is 1. The van der Waals surface area contributed by atoms with E-state index < -0.39 is 11.8 Å². The minimum Gasteiger partial charge on any atom is -0.334 e. The van der Waals surface area contributed by atoms with E-state index in [4.69, 9.17) is 0 Å². The van der Waals surface area contributed by atoms with Crippen LogP contribution in [0, 0.1) is 5.92 Å². The average Bonchev–Trinajstić information content (AvgIpc) is 2.81. The molecule has 0 aromatic carbocycles. The number of aromatic nitrogens is 1. The summed E-state index contributed by atoms with van der Waals surface area (Å²) in [5.74, 6) is -0.485. The Kier molecular flexibility index (Phi) is 5.96. The van der Waals surface area contributed by atoms with Crippen LogP contribution in [0.25, 0.3) is 0 Å². The summed E-state index contributed by atoms with van der Waals surface area (Å²) in [7, 11) is 0. The van der Waals surface area contributed by atoms with Gasteiger partial charge in [0.2, 0.25) is 0 Å². The van der Waals surface area contributed by atoms with Crippen molar-refractivity contribution < 1.29 is 9.59 Å². The summed E-state index contributed by atoms with van der Waals surface area (Å²) < 4.78 is 1.48. The zero-order valence-electron chi connectivity index (χ0n) is 13.9. The van der Waals surface area contributed by atoms with Crippen LogP contribution in [-0.2, 0) is 16.1 Å². The van der Waals surface area contributed by atoms with Gasteiger partial charge in [-0.3, -0.25) is 14.4 Å². The van der Waals surface area contributed by atoms with Crippen molar-refractivity contribution in [2.24, 2.45) is 5.92 Å². The van der Waals surface area contributed by atoms with Crippen LogP contribution in [0.4, 0.5) is 5.69 Å². The lowest BCUT2D eigenvalue weighted by Crippen LogP contribution is -2.40. The van der Waals surface area contributed by atoms with Crippen LogP contribution in [0.15, 0.2) is 23.1 Å². The van der Waals surface area contributed by atoms with Crippen molar-refractivity contribution in [2.75, 3.05) is 18.4 Å². The predicted molar refractivity (Wildman–Crippen MR) is 89.2 cm³/mol. The second kappa shape index (κ2) is 7.94. The van der Waals surface area contributed by atoms with Crippen molar-refractivity contribution in [1.82, 2.24) is 9.47 Å². The number of hydrogen-bond acceptors (Lipinski definition) is 3. The lowest BCUT2D eigenvalue weighted by molar-refractivity contribution is -0.143. The van der Waals surface area contributed by atoms with E-state index in [1.807, 2.05) is 6.92 Å². The first-order chi connectivity index (χ1) is 11.0. The number of carbonyl (C=O) groups excluding carboxylic acids is 2. The maximum Gasteiger partial charge on any atom is 0.313 e. The van der Waals surface area contributed by atoms with Crippen molar-refractivity contribution >= 4 is 17.5 Å². The maximum absolute atomic E-state index is 12.3. The summed E-state index contributed by atoms with van der Waals surface area (Å²) >= 11 is 0. The fourth-order valence-corrected chi connectivity index (χ4v) is 2.96. The van der Waals surface area contributed by atoms with E-state index in [9.17, 15) is 14.4 Å². The van der Waals surface area contributed by atoms with E-state index in [0.29, 0.717) is 31.2 Å². The van der Waals surface area contributed by atoms with Gasteiger partial charge in [0.1, 0.15) is 0 Å². The molecule has 2 heterocycles. The molecule has 1 atom stereocenters. The highest BCUT2D eigenvalue weighted by molar-refractivity contribution is 6.39. The van der Waals surface area contributed by atoms with E-state index in [1.165, 1.54) is 16.7 Å². The van der Waals surface area contributed by atoms with Crippen LogP contribution in [0.3, 0.4) is 0 Å². The molecule has 1 aromatic heterocycles. The fraction of sp³-hybridized carbons (Fsp3) is 0.588. The van der Waals surface area contributed by atoms with Crippen LogP contribution in [-0.4, -0.2) is 34.4 Å². The Balaban J connectivity index is 2.00. The number of rotatable bonds is 3. The third-order valence-electron chi connectivity index (χ3n) is 4.49. The Morgan fingerprint density at radius 1 is 1.22 bits per heavy atom. The molecule has 126 valence electrons. The molecular formula is C17H25N3O3. The summed E-state index contributed by atoms with van der Waals surface area (Å²) in [6, 6.07) is 2.91. The summed E-state index contributed by atoms with van der Waals surface area (Å²) in [4.78, 5) is 37.7. The molecule has 0 radical (unpaired) electrons. The molecule has 2 amide bonds. The minimum atomic E-state index is -0.638. The standard InChI is InChI=1S/C17H25N3O3/c1-3-13-6-5-10-20(11-9-13)17(23)16(22)18-14-7-8-15(21)19(4-2)12-14/h7-8,12-13H,3-6,9-11H2,1-2H3,(H,18,22). The van der Waals surface area contributed by atoms with Crippen molar-refractivity contribution in [3.8, 4) is 0 Å². The summed E-state index contributed by atoms with van der Waals surface area (Å²) in [5.41, 5.74) is 0.334. The van der Waals surface area contributed by atoms with Gasteiger partial charge in [-0.25, -0.2) is 0 Å². The average molecular weight is 319 g/mol. The Hall–Kier alpha value is -2.11. The first-order valence-electron chi connectivity index (χ1n) is 8.35. The van der Waals surface area contributed by atoms with Gasteiger partial charge < -0.3 is 14.8 Å². The van der Waals surface area contributed by atoms with Gasteiger partial charge in [0.25, 0.3) is 5.56 Å². The first kappa shape index (κ1) is 17.2. The van der Waals surface area contributed by atoms with E-state index in [-0.39, 0.29) is 5.56 Å². The van der Waals surface area contributed by atoms with Crippen molar-refractivity contribution in [1.29, 1.82) is 0 Å². The van der Waals surface area contributed by atoms with Gasteiger partial charge in [0, 0.05) is 31.9 Å². The van der Waals surface area contributed by atoms with Gasteiger partial charge >= 0.3 is 11.8 Å². The molecule has 0 aliphatic carbocycles. The Morgan fingerprint density at radius 3 is 2.70 bits per heavy atom. The topological polar surface area (TPSA) is 71.4 Å². The zero-order valence-corrected chi connectivity index (χ0v) is 13.9. The van der Waals surface area contributed by atoms with Crippen molar-refractivity contribution in [3.63, 3.8) is 0 Å². The molecule has 1 aliphatic heterocycles. The molecule has 1 saturated heterocycles. The highest BCUT2D eigenvalue weighted by Crippen LogP contribution is 2.20. The van der Waals surface area contributed by atoms with Crippen LogP contribution in [0.5, 0.6) is 0 Å². The number of carbonyl (C=O) groups is 2. The Morgan fingerprint density at radius 2 is 2.00 bits per heavy atom. The van der Waals surface area contributed by atoms with Gasteiger partial charge in [0.15, 0.2) is 0 Å². The molecule has 23 heavy (non-hydrogen) atoms. The zero-order chi connectivity index (χ0) is 16.8. The number of nitrogens with one attached hydrogen (secondary N) is 1. The molecule has 0 saturated carbocycles. The molecule has 0 bridgehead atoms. The number of anilines is 1. The lowest BCUT2D eigenvalue weighted by atomic mass is 9.98. The third-order valence-corrected chi connectivity index (χ3v) is 4.49. The molecule has 0 spiro atoms. The number of likely N-dealkylation sites (tertiary alicyclic amines) is 1.